The number of nitrogens with one attached hydrogen (secondary N) is 2. The lowest BCUT2D eigenvalue weighted by atomic mass is 10.1. The van der Waals surface area contributed by atoms with Crippen LogP contribution in [0.1, 0.15) is 29.8 Å². The molecule has 2 heterocycles. The van der Waals surface area contributed by atoms with Crippen molar-refractivity contribution >= 4 is 11.8 Å². The molecule has 0 radical (unpaired) electrons. The van der Waals surface area contributed by atoms with E-state index in [0.717, 1.165) is 18.9 Å². The average molecular weight is 251 g/mol. The highest BCUT2D eigenvalue weighted by Crippen LogP contribution is 2.06. The first kappa shape index (κ1) is 12.5. The van der Waals surface area contributed by atoms with Gasteiger partial charge in [-0.15, -0.1) is 0 Å². The first-order valence-electron chi connectivity index (χ1n) is 5.88. The molecule has 0 spiro atoms. The molecule has 2 rings (SSSR count). The second-order valence-electron chi connectivity index (χ2n) is 4.16. The summed E-state index contributed by atoms with van der Waals surface area (Å²) in [5.74, 6) is -1.44. The van der Waals surface area contributed by atoms with Crippen molar-refractivity contribution in [2.75, 3.05) is 6.54 Å². The van der Waals surface area contributed by atoms with Gasteiger partial charge in [-0.3, -0.25) is 9.59 Å². The number of halogens is 1. The topological polar surface area (TPSA) is 71.1 Å². The fourth-order valence-electron chi connectivity index (χ4n) is 1.84. The highest BCUT2D eigenvalue weighted by molar-refractivity contribution is 5.96. The Balaban J connectivity index is 2.04. The van der Waals surface area contributed by atoms with Gasteiger partial charge in [0.05, 0.1) is 0 Å². The normalized spacial score (nSPS) is 19.8. The summed E-state index contributed by atoms with van der Waals surface area (Å²) in [6.07, 6.45) is 2.35. The van der Waals surface area contributed by atoms with Gasteiger partial charge in [0, 0.05) is 6.54 Å². The minimum atomic E-state index is -0.715. The lowest BCUT2D eigenvalue weighted by Crippen LogP contribution is -2.45. The molecule has 1 fully saturated rings. The lowest BCUT2D eigenvalue weighted by Gasteiger charge is -2.14. The maximum Gasteiger partial charge on any atom is 0.270 e. The summed E-state index contributed by atoms with van der Waals surface area (Å²) in [4.78, 5) is 26.9. The van der Waals surface area contributed by atoms with Gasteiger partial charge < -0.3 is 10.6 Å². The molecule has 96 valence electrons. The smallest absolute Gasteiger partial charge is 0.270 e. The molecule has 6 heteroatoms. The van der Waals surface area contributed by atoms with Crippen molar-refractivity contribution in [2.45, 2.75) is 25.3 Å². The predicted molar refractivity (Wildman–Crippen MR) is 62.3 cm³/mol. The fraction of sp³-hybridized carbons (Fsp3) is 0.417. The van der Waals surface area contributed by atoms with Crippen LogP contribution in [0.4, 0.5) is 4.39 Å². The molecule has 1 unspecified atom stereocenters. The molecule has 2 N–H and O–H groups in total. The second-order valence-corrected chi connectivity index (χ2v) is 4.16. The van der Waals surface area contributed by atoms with Gasteiger partial charge in [0.15, 0.2) is 0 Å². The molecule has 1 aromatic heterocycles. The molecule has 1 aromatic rings. The average Bonchev–Trinajstić information content (AvgIpc) is 2.55. The monoisotopic (exact) mass is 251 g/mol. The summed E-state index contributed by atoms with van der Waals surface area (Å²) < 4.78 is 12.9. The van der Waals surface area contributed by atoms with Crippen LogP contribution in [-0.2, 0) is 4.79 Å². The summed E-state index contributed by atoms with van der Waals surface area (Å²) in [6, 6.07) is 3.41. The third-order valence-corrected chi connectivity index (χ3v) is 2.79. The van der Waals surface area contributed by atoms with Gasteiger partial charge in [0.2, 0.25) is 11.9 Å². The number of nitrogens with zero attached hydrogens (tertiary/aromatic N) is 1. The van der Waals surface area contributed by atoms with Crippen LogP contribution in [0.25, 0.3) is 0 Å². The number of carbonyl (C=O) groups excluding carboxylic acids is 2. The molecule has 2 amide bonds. The number of hydrogen-bond acceptors (Lipinski definition) is 3. The van der Waals surface area contributed by atoms with Crippen LogP contribution in [0.5, 0.6) is 0 Å². The van der Waals surface area contributed by atoms with Gasteiger partial charge >= 0.3 is 0 Å². The third kappa shape index (κ3) is 3.03. The minimum absolute atomic E-state index is 0.0213. The fourth-order valence-corrected chi connectivity index (χ4v) is 1.84. The predicted octanol–water partition coefficient (Wildman–Crippen LogP) is 0.619. The largest absolute Gasteiger partial charge is 0.354 e. The van der Waals surface area contributed by atoms with E-state index in [2.05, 4.69) is 15.6 Å². The molecule has 0 aliphatic carbocycles. The highest BCUT2D eigenvalue weighted by atomic mass is 19.1. The van der Waals surface area contributed by atoms with Crippen molar-refractivity contribution in [1.82, 2.24) is 15.6 Å². The SMILES string of the molecule is O=C(NC1CCCCNC1=O)c1cccc(F)n1. The van der Waals surface area contributed by atoms with Gasteiger partial charge in [-0.1, -0.05) is 6.07 Å². The summed E-state index contributed by atoms with van der Waals surface area (Å²) in [5.41, 5.74) is -0.0213. The number of hydrogen-bond donors (Lipinski definition) is 2. The molecule has 1 aliphatic heterocycles. The van der Waals surface area contributed by atoms with E-state index in [-0.39, 0.29) is 11.6 Å². The standard InChI is InChI=1S/C12H14FN3O2/c13-10-6-3-5-9(15-10)12(18)16-8-4-1-2-7-14-11(8)17/h3,5-6,8H,1-2,4,7H2,(H,14,17)(H,16,18). The first-order chi connectivity index (χ1) is 8.66. The zero-order valence-electron chi connectivity index (χ0n) is 9.78. The quantitative estimate of drug-likeness (QED) is 0.757. The van der Waals surface area contributed by atoms with E-state index < -0.39 is 17.9 Å². The maximum atomic E-state index is 12.9. The Bertz CT molecular complexity index is 464. The Hall–Kier alpha value is -1.98. The van der Waals surface area contributed by atoms with Crippen LogP contribution in [0, 0.1) is 5.95 Å². The van der Waals surface area contributed by atoms with Crippen LogP contribution in [0.2, 0.25) is 0 Å². The van der Waals surface area contributed by atoms with Crippen molar-refractivity contribution in [3.63, 3.8) is 0 Å². The molecule has 0 aromatic carbocycles. The van der Waals surface area contributed by atoms with Crippen LogP contribution in [0.3, 0.4) is 0 Å². The summed E-state index contributed by atoms with van der Waals surface area (Å²) in [5, 5.41) is 5.29. The van der Waals surface area contributed by atoms with E-state index in [1.165, 1.54) is 12.1 Å². The first-order valence-corrected chi connectivity index (χ1v) is 5.88. The Kier molecular flexibility index (Phi) is 3.86. The maximum absolute atomic E-state index is 12.9. The van der Waals surface area contributed by atoms with E-state index in [9.17, 15) is 14.0 Å². The number of pyridine rings is 1. The number of rotatable bonds is 2. The summed E-state index contributed by atoms with van der Waals surface area (Å²) in [6.45, 7) is 0.628. The van der Waals surface area contributed by atoms with Crippen molar-refractivity contribution in [1.29, 1.82) is 0 Å². The molecule has 1 saturated heterocycles. The Morgan fingerprint density at radius 3 is 3.06 bits per heavy atom. The molecule has 0 saturated carbocycles. The minimum Gasteiger partial charge on any atom is -0.354 e. The molecular formula is C12H14FN3O2. The number of aromatic nitrogens is 1. The molecular weight excluding hydrogens is 237 g/mol. The van der Waals surface area contributed by atoms with Crippen molar-refractivity contribution < 1.29 is 14.0 Å². The Morgan fingerprint density at radius 2 is 2.28 bits per heavy atom. The van der Waals surface area contributed by atoms with E-state index in [0.29, 0.717) is 13.0 Å². The zero-order chi connectivity index (χ0) is 13.0. The van der Waals surface area contributed by atoms with Crippen molar-refractivity contribution in [3.05, 3.63) is 29.8 Å². The van der Waals surface area contributed by atoms with Crippen LogP contribution >= 0.6 is 0 Å². The second kappa shape index (κ2) is 5.57. The highest BCUT2D eigenvalue weighted by Gasteiger charge is 2.23. The lowest BCUT2D eigenvalue weighted by molar-refractivity contribution is -0.122. The van der Waals surface area contributed by atoms with Crippen LogP contribution < -0.4 is 10.6 Å². The van der Waals surface area contributed by atoms with Gasteiger partial charge in [0.25, 0.3) is 5.91 Å². The number of amides is 2. The summed E-state index contributed by atoms with van der Waals surface area (Å²) in [7, 11) is 0. The van der Waals surface area contributed by atoms with Crippen molar-refractivity contribution in [2.24, 2.45) is 0 Å². The molecule has 1 atom stereocenters. The zero-order valence-corrected chi connectivity index (χ0v) is 9.78. The number of carbonyl (C=O) groups is 2. The van der Waals surface area contributed by atoms with Crippen LogP contribution in [-0.4, -0.2) is 29.4 Å². The van der Waals surface area contributed by atoms with Crippen LogP contribution in [0.15, 0.2) is 18.2 Å². The van der Waals surface area contributed by atoms with Crippen molar-refractivity contribution in [3.8, 4) is 0 Å². The van der Waals surface area contributed by atoms with Gasteiger partial charge in [-0.2, -0.15) is 4.39 Å². The van der Waals surface area contributed by atoms with E-state index in [4.69, 9.17) is 0 Å². The summed E-state index contributed by atoms with van der Waals surface area (Å²) >= 11 is 0. The molecule has 0 bridgehead atoms. The van der Waals surface area contributed by atoms with E-state index in [1.54, 1.807) is 0 Å². The van der Waals surface area contributed by atoms with Gasteiger partial charge in [0.1, 0.15) is 11.7 Å². The molecule has 5 nitrogen and oxygen atoms in total. The third-order valence-electron chi connectivity index (χ3n) is 2.79. The Labute approximate surface area is 104 Å². The molecule has 18 heavy (non-hydrogen) atoms. The molecule has 1 aliphatic rings. The van der Waals surface area contributed by atoms with Gasteiger partial charge in [-0.25, -0.2) is 4.98 Å². The Morgan fingerprint density at radius 1 is 1.44 bits per heavy atom. The van der Waals surface area contributed by atoms with E-state index in [1.807, 2.05) is 0 Å². The van der Waals surface area contributed by atoms with E-state index >= 15 is 0 Å². The van der Waals surface area contributed by atoms with Gasteiger partial charge in [-0.05, 0) is 31.4 Å².